The zero-order valence-corrected chi connectivity index (χ0v) is 34.2. The molecular formula is C44H51F3N8O6. The second-order valence-electron chi connectivity index (χ2n) is 16.7. The van der Waals surface area contributed by atoms with Crippen molar-refractivity contribution in [3.63, 3.8) is 0 Å². The molecule has 3 aliphatic rings. The number of rotatable bonds is 16. The second-order valence-corrected chi connectivity index (χ2v) is 16.7. The number of piperidine rings is 1. The minimum absolute atomic E-state index is 0.0734. The van der Waals surface area contributed by atoms with Crippen LogP contribution in [-0.4, -0.2) is 80.0 Å². The van der Waals surface area contributed by atoms with E-state index in [9.17, 15) is 42.3 Å². The Bertz CT molecular complexity index is 2310. The van der Waals surface area contributed by atoms with Gasteiger partial charge < -0.3 is 21.1 Å². The molecule has 1 saturated carbocycles. The maximum Gasteiger partial charge on any atom is 0.433 e. The fraction of sp³-hybridized carbons (Fsp3) is 0.477. The SMILES string of the molecule is CC(C)(O)c1cc2nn(C3CCC(CNCCCCCCCNc4cccc5c4C(=O)N(C4CCC(=O)NC4=O)C5=O)CC3)cc2cc1NC(=O)c1cccc(C(F)(F)F)n1. The molecule has 17 heteroatoms. The van der Waals surface area contributed by atoms with E-state index in [1.54, 1.807) is 44.2 Å². The van der Waals surface area contributed by atoms with E-state index in [4.69, 9.17) is 5.10 Å². The first-order chi connectivity index (χ1) is 29.1. The van der Waals surface area contributed by atoms with Crippen LogP contribution in [0.5, 0.6) is 0 Å². The molecular weight excluding hydrogens is 794 g/mol. The number of unbranched alkanes of at least 4 members (excludes halogenated alkanes) is 4. The predicted molar refractivity (Wildman–Crippen MR) is 221 cm³/mol. The molecule has 2 aromatic carbocycles. The summed E-state index contributed by atoms with van der Waals surface area (Å²) in [5, 5.41) is 28.3. The number of benzene rings is 2. The Kier molecular flexibility index (Phi) is 12.9. The maximum atomic E-state index is 13.3. The summed E-state index contributed by atoms with van der Waals surface area (Å²) >= 11 is 0. The molecule has 2 aliphatic heterocycles. The Labute approximate surface area is 351 Å². The van der Waals surface area contributed by atoms with Gasteiger partial charge in [-0.15, -0.1) is 0 Å². The van der Waals surface area contributed by atoms with Gasteiger partial charge in [0.2, 0.25) is 11.8 Å². The molecule has 1 unspecified atom stereocenters. The van der Waals surface area contributed by atoms with Crippen LogP contribution in [0.25, 0.3) is 10.9 Å². The molecule has 61 heavy (non-hydrogen) atoms. The highest BCUT2D eigenvalue weighted by Crippen LogP contribution is 2.37. The van der Waals surface area contributed by atoms with Gasteiger partial charge in [-0.2, -0.15) is 18.3 Å². The number of carbonyl (C=O) groups excluding carboxylic acids is 5. The Morgan fingerprint density at radius 1 is 0.885 bits per heavy atom. The van der Waals surface area contributed by atoms with Gasteiger partial charge in [-0.3, -0.25) is 38.9 Å². The van der Waals surface area contributed by atoms with Crippen molar-refractivity contribution < 1.29 is 42.3 Å². The number of alkyl halides is 3. The summed E-state index contributed by atoms with van der Waals surface area (Å²) in [6.45, 7) is 5.65. The number of nitrogens with one attached hydrogen (secondary N) is 4. The van der Waals surface area contributed by atoms with Crippen molar-refractivity contribution in [2.75, 3.05) is 30.3 Å². The first-order valence-corrected chi connectivity index (χ1v) is 21.0. The van der Waals surface area contributed by atoms with Gasteiger partial charge in [-0.1, -0.05) is 31.4 Å². The molecule has 1 aliphatic carbocycles. The molecule has 0 radical (unpaired) electrons. The van der Waals surface area contributed by atoms with Crippen LogP contribution in [0.4, 0.5) is 24.5 Å². The maximum absolute atomic E-state index is 13.3. The number of nitrogens with zero attached hydrogens (tertiary/aromatic N) is 4. The lowest BCUT2D eigenvalue weighted by Crippen LogP contribution is -2.54. The van der Waals surface area contributed by atoms with E-state index in [2.05, 4.69) is 26.3 Å². The molecule has 1 saturated heterocycles. The first-order valence-electron chi connectivity index (χ1n) is 21.0. The van der Waals surface area contributed by atoms with Crippen LogP contribution in [0.1, 0.15) is 133 Å². The third kappa shape index (κ3) is 9.94. The summed E-state index contributed by atoms with van der Waals surface area (Å²) in [4.78, 5) is 67.9. The van der Waals surface area contributed by atoms with Crippen molar-refractivity contribution in [2.45, 2.75) is 108 Å². The highest BCUT2D eigenvalue weighted by molar-refractivity contribution is 6.25. The fourth-order valence-corrected chi connectivity index (χ4v) is 8.50. The predicted octanol–water partition coefficient (Wildman–Crippen LogP) is 6.71. The molecule has 4 heterocycles. The molecule has 2 aromatic heterocycles. The van der Waals surface area contributed by atoms with E-state index in [0.717, 1.165) is 93.3 Å². The quantitative estimate of drug-likeness (QED) is 0.0599. The molecule has 14 nitrogen and oxygen atoms in total. The average Bonchev–Trinajstić information content (AvgIpc) is 3.75. The van der Waals surface area contributed by atoms with Crippen LogP contribution in [0.3, 0.4) is 0 Å². The Balaban J connectivity index is 0.809. The number of anilines is 2. The van der Waals surface area contributed by atoms with E-state index in [1.165, 1.54) is 6.07 Å². The summed E-state index contributed by atoms with van der Waals surface area (Å²) in [6.07, 6.45) is 6.51. The van der Waals surface area contributed by atoms with Gasteiger partial charge in [0.05, 0.1) is 28.3 Å². The van der Waals surface area contributed by atoms with Gasteiger partial charge >= 0.3 is 6.18 Å². The zero-order chi connectivity index (χ0) is 43.5. The molecule has 2 fully saturated rings. The standard InChI is InChI=1S/C44H51F3N8O6/c1-43(2,61)30-23-33-27(22-34(30)51-39(57)32-12-9-13-36(50-32)44(45,46)47)25-54(53-33)28-16-14-26(15-17-28)24-48-20-6-4-3-5-7-21-49-31-11-8-10-29-38(31)42(60)55(41(29)59)35-18-19-37(56)52-40(35)58/h8-13,22-23,25-26,28,35,48-49,61H,3-7,14-21,24H2,1-2H3,(H,51,57)(H,52,56,58). The van der Waals surface area contributed by atoms with Crippen LogP contribution < -0.4 is 21.3 Å². The summed E-state index contributed by atoms with van der Waals surface area (Å²) in [6, 6.07) is 10.8. The topological polar surface area (TPSA) is 188 Å². The van der Waals surface area contributed by atoms with E-state index in [1.807, 2.05) is 10.9 Å². The highest BCUT2D eigenvalue weighted by atomic mass is 19.4. The number of hydrogen-bond donors (Lipinski definition) is 5. The van der Waals surface area contributed by atoms with E-state index in [0.29, 0.717) is 29.2 Å². The van der Waals surface area contributed by atoms with Crippen LogP contribution >= 0.6 is 0 Å². The molecule has 0 bridgehead atoms. The van der Waals surface area contributed by atoms with E-state index in [-0.39, 0.29) is 35.7 Å². The minimum Gasteiger partial charge on any atom is -0.386 e. The van der Waals surface area contributed by atoms with Crippen LogP contribution in [-0.2, 0) is 21.4 Å². The number of hydrogen-bond acceptors (Lipinski definition) is 10. The van der Waals surface area contributed by atoms with Crippen molar-refractivity contribution in [1.29, 1.82) is 0 Å². The zero-order valence-electron chi connectivity index (χ0n) is 34.2. The fourth-order valence-electron chi connectivity index (χ4n) is 8.50. The van der Waals surface area contributed by atoms with Gasteiger partial charge in [-0.25, -0.2) is 4.98 Å². The largest absolute Gasteiger partial charge is 0.433 e. The Morgan fingerprint density at radius 2 is 1.61 bits per heavy atom. The van der Waals surface area contributed by atoms with Crippen LogP contribution in [0.2, 0.25) is 0 Å². The lowest BCUT2D eigenvalue weighted by atomic mass is 9.86. The van der Waals surface area contributed by atoms with Gasteiger partial charge in [-0.05, 0) is 114 Å². The highest BCUT2D eigenvalue weighted by Gasteiger charge is 2.45. The van der Waals surface area contributed by atoms with Gasteiger partial charge in [0, 0.05) is 41.5 Å². The monoisotopic (exact) mass is 844 g/mol. The Morgan fingerprint density at radius 3 is 2.33 bits per heavy atom. The number of fused-ring (bicyclic) bond motifs is 2. The van der Waals surface area contributed by atoms with Gasteiger partial charge in [0.1, 0.15) is 17.4 Å². The summed E-state index contributed by atoms with van der Waals surface area (Å²) in [7, 11) is 0. The van der Waals surface area contributed by atoms with Crippen molar-refractivity contribution in [2.24, 2.45) is 5.92 Å². The smallest absolute Gasteiger partial charge is 0.386 e. The average molecular weight is 845 g/mol. The number of imide groups is 2. The van der Waals surface area contributed by atoms with Crippen molar-refractivity contribution >= 4 is 51.8 Å². The number of aromatic nitrogens is 3. The molecule has 4 aromatic rings. The third-order valence-corrected chi connectivity index (χ3v) is 11.8. The van der Waals surface area contributed by atoms with Crippen LogP contribution in [0, 0.1) is 5.92 Å². The lowest BCUT2D eigenvalue weighted by Gasteiger charge is -2.28. The molecule has 0 spiro atoms. The van der Waals surface area contributed by atoms with E-state index < -0.39 is 58.7 Å². The number of aliphatic hydroxyl groups is 1. The van der Waals surface area contributed by atoms with Crippen molar-refractivity contribution in [3.05, 3.63) is 82.8 Å². The van der Waals surface area contributed by atoms with Gasteiger partial charge in [0.25, 0.3) is 17.7 Å². The first kappa shape index (κ1) is 43.4. The second kappa shape index (κ2) is 18.1. The summed E-state index contributed by atoms with van der Waals surface area (Å²) < 4.78 is 41.6. The van der Waals surface area contributed by atoms with Gasteiger partial charge in [0.15, 0.2) is 0 Å². The molecule has 5 amide bonds. The lowest BCUT2D eigenvalue weighted by molar-refractivity contribution is -0.141. The van der Waals surface area contributed by atoms with Crippen molar-refractivity contribution in [3.8, 4) is 0 Å². The normalized spacial score (nSPS) is 19.6. The Hall–Kier alpha value is -5.68. The van der Waals surface area contributed by atoms with Crippen molar-refractivity contribution in [1.82, 2.24) is 30.3 Å². The molecule has 1 atom stereocenters. The summed E-state index contributed by atoms with van der Waals surface area (Å²) in [5.74, 6) is -2.34. The van der Waals surface area contributed by atoms with E-state index >= 15 is 0 Å². The number of pyridine rings is 1. The summed E-state index contributed by atoms with van der Waals surface area (Å²) in [5.41, 5.74) is -0.552. The number of amides is 5. The third-order valence-electron chi connectivity index (χ3n) is 11.8. The number of carbonyl (C=O) groups is 5. The molecule has 7 rings (SSSR count). The van der Waals surface area contributed by atoms with Crippen LogP contribution in [0.15, 0.2) is 54.7 Å². The molecule has 5 N–H and O–H groups in total. The number of halogens is 3. The minimum atomic E-state index is -4.70. The molecule has 324 valence electrons.